The van der Waals surface area contributed by atoms with E-state index in [2.05, 4.69) is 0 Å². The van der Waals surface area contributed by atoms with E-state index in [4.69, 9.17) is 14.2 Å². The Morgan fingerprint density at radius 1 is 1.05 bits per heavy atom. The monoisotopic (exact) mass is 298 g/mol. The number of hydrogen-bond donors (Lipinski definition) is 2. The zero-order valence-corrected chi connectivity index (χ0v) is 11.6. The molecule has 0 unspecified atom stereocenters. The fraction of sp³-hybridized carbons (Fsp3) is 0.875. The molecule has 4 nitrogen and oxygen atoms in total. The summed E-state index contributed by atoms with van der Waals surface area (Å²) in [4.78, 5) is 19.9. The Labute approximate surface area is 131 Å². The molecule has 0 aromatic rings. The normalized spacial score (nSPS) is 13.6. The van der Waals surface area contributed by atoms with Gasteiger partial charge in [0.15, 0.2) is 0 Å². The molecule has 0 aliphatic heterocycles. The molecular weight excluding hydrogens is 252 g/mol. The number of rotatable bonds is 6. The van der Waals surface area contributed by atoms with Crippen LogP contribution in [0.25, 0.3) is 0 Å². The molecule has 0 saturated carbocycles. The van der Waals surface area contributed by atoms with Crippen LogP contribution in [0.1, 0.15) is 72.9 Å². The Balaban J connectivity index is -0.0000000442. The van der Waals surface area contributed by atoms with Gasteiger partial charge >= 0.3 is 0 Å². The van der Waals surface area contributed by atoms with Crippen molar-refractivity contribution in [1.29, 1.82) is 0 Å². The van der Waals surface area contributed by atoms with E-state index in [0.29, 0.717) is 11.8 Å². The van der Waals surface area contributed by atoms with E-state index in [1.54, 1.807) is 0 Å². The molecule has 128 valence electrons. The summed E-state index contributed by atoms with van der Waals surface area (Å²) in [6.07, 6.45) is 3.36. The lowest BCUT2D eigenvalue weighted by Crippen LogP contribution is -2.28. The first-order valence-corrected chi connectivity index (χ1v) is 5.80. The van der Waals surface area contributed by atoms with Crippen LogP contribution in [0.15, 0.2) is 0 Å². The predicted molar refractivity (Wildman–Crippen MR) is 93.9 cm³/mol. The SMILES string of the molecule is C.C.C.CC(C)C[C@@H](N)C=O.CC[C@@H](C)[C@@H](N)C=O.[3H]C[3H]. The minimum atomic E-state index is -0.264. The van der Waals surface area contributed by atoms with E-state index < -0.39 is 0 Å². The quantitative estimate of drug-likeness (QED) is 0.733. The van der Waals surface area contributed by atoms with Gasteiger partial charge in [-0.25, -0.2) is 0 Å². The topological polar surface area (TPSA) is 86.2 Å². The van der Waals surface area contributed by atoms with Crippen LogP contribution >= 0.6 is 0 Å². The van der Waals surface area contributed by atoms with Crippen molar-refractivity contribution < 1.29 is 12.3 Å². The Kier molecular flexibility index (Phi) is 32.2. The predicted octanol–water partition coefficient (Wildman–Crippen LogP) is 3.66. The second-order valence-corrected chi connectivity index (χ2v) is 4.53. The molecule has 0 saturated heterocycles. The lowest BCUT2D eigenvalue weighted by atomic mass is 10.0. The van der Waals surface area contributed by atoms with Crippen molar-refractivity contribution in [2.75, 3.05) is 0 Å². The van der Waals surface area contributed by atoms with Gasteiger partial charge in [0.05, 0.1) is 12.1 Å². The average molecular weight is 299 g/mol. The lowest BCUT2D eigenvalue weighted by molar-refractivity contribution is -0.110. The van der Waals surface area contributed by atoms with Crippen molar-refractivity contribution in [3.05, 3.63) is 0 Å². The van der Waals surface area contributed by atoms with Gasteiger partial charge in [0.2, 0.25) is 0 Å². The summed E-state index contributed by atoms with van der Waals surface area (Å²) in [5, 5.41) is 0. The molecule has 0 aliphatic carbocycles. The van der Waals surface area contributed by atoms with Crippen LogP contribution in [0.5, 0.6) is 0 Å². The first kappa shape index (κ1) is 27.6. The molecule has 0 aromatic heterocycles. The number of nitrogens with two attached hydrogens (primary N) is 2. The summed E-state index contributed by atoms with van der Waals surface area (Å²) in [6.45, 7) is 8.08. The summed E-state index contributed by atoms with van der Waals surface area (Å²) >= 11 is 0. The maximum Gasteiger partial charge on any atom is 0.136 e. The van der Waals surface area contributed by atoms with Crippen LogP contribution in [0, 0.1) is 11.8 Å². The Morgan fingerprint density at radius 3 is 1.55 bits per heavy atom. The van der Waals surface area contributed by atoms with Crippen molar-refractivity contribution in [2.45, 2.75) is 82.3 Å². The zero-order valence-electron chi connectivity index (χ0n) is 13.6. The number of aldehydes is 2. The zero-order chi connectivity index (χ0) is 15.8. The summed E-state index contributed by atoms with van der Waals surface area (Å²) < 4.78 is 11.8. The van der Waals surface area contributed by atoms with Crippen molar-refractivity contribution in [1.82, 2.24) is 0 Å². The van der Waals surface area contributed by atoms with Gasteiger partial charge < -0.3 is 21.1 Å². The summed E-state index contributed by atoms with van der Waals surface area (Å²) in [5.41, 5.74) is 10.7. The third-order valence-corrected chi connectivity index (χ3v) is 2.38. The standard InChI is InChI=1S/2C6H13NO.4CH4/c1-5(2)3-6(7)4-8;1-3-5(2)6(7)4-8;;;;/h2*4-6H,3,7H2,1-2H3;4*1H4/t6-;5-,6+;;;;/m11..../s1/i;;1T2;;;. The van der Waals surface area contributed by atoms with E-state index in [9.17, 15) is 9.59 Å². The second kappa shape index (κ2) is 23.4. The third-order valence-electron chi connectivity index (χ3n) is 2.38. The van der Waals surface area contributed by atoms with E-state index in [1.165, 1.54) is 0 Å². The van der Waals surface area contributed by atoms with Crippen molar-refractivity contribution >= 4 is 12.6 Å². The van der Waals surface area contributed by atoms with Gasteiger partial charge in [-0.3, -0.25) is 0 Å². The molecule has 0 bridgehead atoms. The number of carbonyl (C=O) groups excluding carboxylic acids is 2. The summed E-state index contributed by atoms with van der Waals surface area (Å²) in [7, 11) is -0.250. The van der Waals surface area contributed by atoms with E-state index in [-0.39, 0.29) is 41.7 Å². The Morgan fingerprint density at radius 2 is 1.45 bits per heavy atom. The van der Waals surface area contributed by atoms with Crippen molar-refractivity contribution in [3.63, 3.8) is 0 Å². The molecule has 20 heavy (non-hydrogen) atoms. The molecule has 0 amide bonds. The smallest absolute Gasteiger partial charge is 0.136 e. The van der Waals surface area contributed by atoms with Gasteiger partial charge in [-0.05, 0) is 18.3 Å². The lowest BCUT2D eigenvalue weighted by Gasteiger charge is -2.09. The van der Waals surface area contributed by atoms with Crippen molar-refractivity contribution in [3.8, 4) is 0 Å². The second-order valence-electron chi connectivity index (χ2n) is 4.53. The first-order valence-electron chi connectivity index (χ1n) is 7.22. The molecule has 0 heterocycles. The van der Waals surface area contributed by atoms with Crippen LogP contribution in [0.3, 0.4) is 0 Å². The molecular formula is C16H42N2O2. The molecule has 4 N–H and O–H groups in total. The van der Waals surface area contributed by atoms with Crippen LogP contribution in [0.4, 0.5) is 0 Å². The van der Waals surface area contributed by atoms with E-state index >= 15 is 0 Å². The Hall–Kier alpha value is -0.740. The molecule has 3 atom stereocenters. The van der Waals surface area contributed by atoms with E-state index in [1.807, 2.05) is 27.7 Å². The van der Waals surface area contributed by atoms with Gasteiger partial charge in [0.25, 0.3) is 0 Å². The van der Waals surface area contributed by atoms with Gasteiger partial charge in [0.1, 0.15) is 12.6 Å². The fourth-order valence-corrected chi connectivity index (χ4v) is 1.01. The maximum absolute atomic E-state index is 9.98. The van der Waals surface area contributed by atoms with Gasteiger partial charge in [0, 0.05) is 2.74 Å². The van der Waals surface area contributed by atoms with Crippen LogP contribution in [-0.2, 0) is 9.59 Å². The van der Waals surface area contributed by atoms with Crippen molar-refractivity contribution in [2.24, 2.45) is 23.3 Å². The van der Waals surface area contributed by atoms with Crippen LogP contribution in [-0.4, -0.2) is 24.7 Å². The fourth-order valence-electron chi connectivity index (χ4n) is 1.01. The molecule has 0 radical (unpaired) electrons. The molecule has 0 fully saturated rings. The highest BCUT2D eigenvalue weighted by molar-refractivity contribution is 5.57. The minimum absolute atomic E-state index is 0. The van der Waals surface area contributed by atoms with E-state index in [0.717, 1.165) is 25.4 Å². The largest absolute Gasteiger partial charge is 0.322 e. The van der Waals surface area contributed by atoms with Gasteiger partial charge in [-0.2, -0.15) is 0 Å². The average Bonchev–Trinajstić information content (AvgIpc) is 2.37. The highest BCUT2D eigenvalue weighted by Gasteiger charge is 2.07. The van der Waals surface area contributed by atoms with Crippen LogP contribution in [0.2, 0.25) is 0 Å². The maximum atomic E-state index is 9.98. The Bertz CT molecular complexity index is 207. The highest BCUT2D eigenvalue weighted by Crippen LogP contribution is 2.01. The highest BCUT2D eigenvalue weighted by atomic mass is 16.1. The van der Waals surface area contributed by atoms with Crippen LogP contribution < -0.4 is 11.5 Å². The van der Waals surface area contributed by atoms with Gasteiger partial charge in [-0.1, -0.05) is 63.8 Å². The number of carbonyl (C=O) groups is 2. The molecule has 4 heteroatoms. The summed E-state index contributed by atoms with van der Waals surface area (Å²) in [6, 6.07) is -0.519. The molecule has 0 spiro atoms. The number of hydrogen-bond acceptors (Lipinski definition) is 4. The first-order chi connectivity index (χ1) is 8.80. The molecule has 0 rings (SSSR count). The molecule has 0 aromatic carbocycles. The van der Waals surface area contributed by atoms with Gasteiger partial charge in [-0.15, -0.1) is 0 Å². The minimum Gasteiger partial charge on any atom is -0.322 e. The third kappa shape index (κ3) is 26.0. The summed E-state index contributed by atoms with van der Waals surface area (Å²) in [5.74, 6) is 0.850. The molecule has 0 aliphatic rings.